The summed E-state index contributed by atoms with van der Waals surface area (Å²) in [4.78, 5) is 12.3. The van der Waals surface area contributed by atoms with Crippen molar-refractivity contribution in [2.75, 3.05) is 6.54 Å². The van der Waals surface area contributed by atoms with Crippen LogP contribution >= 0.6 is 15.9 Å². The van der Waals surface area contributed by atoms with E-state index in [1.54, 1.807) is 6.07 Å². The molecule has 0 unspecified atom stereocenters. The first-order valence-corrected chi connectivity index (χ1v) is 9.67. The van der Waals surface area contributed by atoms with Gasteiger partial charge >= 0.3 is 0 Å². The maximum atomic E-state index is 12.2. The van der Waals surface area contributed by atoms with E-state index in [1.807, 2.05) is 0 Å². The minimum Gasteiger partial charge on any atom is -0.352 e. The number of hydrogen-bond donors (Lipinski definition) is 2. The molecule has 7 heteroatoms. The zero-order valence-corrected chi connectivity index (χ0v) is 15.1. The Kier molecular flexibility index (Phi) is 5.63. The van der Waals surface area contributed by atoms with E-state index in [0.717, 1.165) is 19.3 Å². The summed E-state index contributed by atoms with van der Waals surface area (Å²) >= 11 is 3.31. The van der Waals surface area contributed by atoms with Crippen LogP contribution in [0, 0.1) is 5.92 Å². The van der Waals surface area contributed by atoms with Gasteiger partial charge in [-0.15, -0.1) is 0 Å². The minimum atomic E-state index is -3.55. The second kappa shape index (κ2) is 7.10. The molecule has 0 saturated heterocycles. The van der Waals surface area contributed by atoms with Crippen LogP contribution in [-0.2, 0) is 10.0 Å². The highest BCUT2D eigenvalue weighted by molar-refractivity contribution is 9.10. The summed E-state index contributed by atoms with van der Waals surface area (Å²) < 4.78 is 27.6. The molecule has 1 fully saturated rings. The first-order chi connectivity index (χ1) is 10.3. The van der Waals surface area contributed by atoms with Gasteiger partial charge in [-0.1, -0.05) is 13.8 Å². The standard InChI is InChI=1S/C15H21BrN2O3S/c1-10(2)7-8-17-15(19)13-9-12(5-6-14(13)16)22(20,21)18-11-3-4-11/h5-6,9-11,18H,3-4,7-8H2,1-2H3,(H,17,19). The van der Waals surface area contributed by atoms with Crippen molar-refractivity contribution < 1.29 is 13.2 Å². The number of benzene rings is 1. The molecule has 1 aliphatic carbocycles. The van der Waals surface area contributed by atoms with Crippen LogP contribution in [0.4, 0.5) is 0 Å². The Labute approximate surface area is 140 Å². The molecule has 1 aromatic carbocycles. The lowest BCUT2D eigenvalue weighted by Crippen LogP contribution is -2.28. The van der Waals surface area contributed by atoms with Crippen LogP contribution in [0.15, 0.2) is 27.6 Å². The number of sulfonamides is 1. The molecule has 0 aromatic heterocycles. The van der Waals surface area contributed by atoms with Crippen molar-refractivity contribution in [3.63, 3.8) is 0 Å². The summed E-state index contributed by atoms with van der Waals surface area (Å²) in [7, 11) is -3.55. The van der Waals surface area contributed by atoms with Gasteiger partial charge in [0.2, 0.25) is 10.0 Å². The van der Waals surface area contributed by atoms with Crippen molar-refractivity contribution in [3.8, 4) is 0 Å². The predicted octanol–water partition coefficient (Wildman–Crippen LogP) is 2.67. The van der Waals surface area contributed by atoms with E-state index in [1.165, 1.54) is 12.1 Å². The van der Waals surface area contributed by atoms with Crippen LogP contribution in [0.3, 0.4) is 0 Å². The first kappa shape index (κ1) is 17.4. The highest BCUT2D eigenvalue weighted by Gasteiger charge is 2.28. The topological polar surface area (TPSA) is 75.3 Å². The molecule has 0 aliphatic heterocycles. The molecule has 0 bridgehead atoms. The van der Waals surface area contributed by atoms with Gasteiger partial charge in [0.25, 0.3) is 5.91 Å². The maximum Gasteiger partial charge on any atom is 0.252 e. The highest BCUT2D eigenvalue weighted by Crippen LogP contribution is 2.25. The van der Waals surface area contributed by atoms with E-state index in [0.29, 0.717) is 22.5 Å². The summed E-state index contributed by atoms with van der Waals surface area (Å²) in [6.45, 7) is 4.73. The van der Waals surface area contributed by atoms with Gasteiger partial charge < -0.3 is 5.32 Å². The van der Waals surface area contributed by atoms with Gasteiger partial charge in [-0.25, -0.2) is 13.1 Å². The number of hydrogen-bond acceptors (Lipinski definition) is 3. The molecule has 122 valence electrons. The molecule has 1 saturated carbocycles. The van der Waals surface area contributed by atoms with Gasteiger partial charge in [-0.2, -0.15) is 0 Å². The number of carbonyl (C=O) groups is 1. The smallest absolute Gasteiger partial charge is 0.252 e. The Balaban J connectivity index is 2.13. The van der Waals surface area contributed by atoms with E-state index in [4.69, 9.17) is 0 Å². The van der Waals surface area contributed by atoms with Crippen LogP contribution in [0.1, 0.15) is 43.5 Å². The molecule has 0 radical (unpaired) electrons. The van der Waals surface area contributed by atoms with E-state index in [2.05, 4.69) is 39.8 Å². The van der Waals surface area contributed by atoms with E-state index in [-0.39, 0.29) is 16.8 Å². The second-order valence-electron chi connectivity index (χ2n) is 5.98. The van der Waals surface area contributed by atoms with Gasteiger partial charge in [0.05, 0.1) is 10.5 Å². The van der Waals surface area contributed by atoms with Gasteiger partial charge in [0, 0.05) is 17.1 Å². The van der Waals surface area contributed by atoms with E-state index < -0.39 is 10.0 Å². The Bertz CT molecular complexity index is 655. The molecule has 5 nitrogen and oxygen atoms in total. The third kappa shape index (κ3) is 4.79. The normalized spacial score (nSPS) is 15.1. The van der Waals surface area contributed by atoms with Crippen LogP contribution in [0.5, 0.6) is 0 Å². The number of halogens is 1. The molecular weight excluding hydrogens is 368 g/mol. The van der Waals surface area contributed by atoms with Crippen molar-refractivity contribution in [2.24, 2.45) is 5.92 Å². The average Bonchev–Trinajstić information content (AvgIpc) is 3.21. The van der Waals surface area contributed by atoms with Crippen molar-refractivity contribution >= 4 is 31.9 Å². The zero-order valence-electron chi connectivity index (χ0n) is 12.7. The molecule has 22 heavy (non-hydrogen) atoms. The molecule has 0 atom stereocenters. The fourth-order valence-corrected chi connectivity index (χ4v) is 3.66. The number of amides is 1. The summed E-state index contributed by atoms with van der Waals surface area (Å²) in [6.07, 6.45) is 2.63. The van der Waals surface area contributed by atoms with Crippen molar-refractivity contribution in [2.45, 2.75) is 44.0 Å². The average molecular weight is 389 g/mol. The van der Waals surface area contributed by atoms with E-state index in [9.17, 15) is 13.2 Å². The molecule has 1 aliphatic rings. The van der Waals surface area contributed by atoms with Gasteiger partial charge in [0.1, 0.15) is 0 Å². The predicted molar refractivity (Wildman–Crippen MR) is 89.3 cm³/mol. The van der Waals surface area contributed by atoms with E-state index >= 15 is 0 Å². The van der Waals surface area contributed by atoms with Gasteiger partial charge in [-0.05, 0) is 59.3 Å². The van der Waals surface area contributed by atoms with Crippen LogP contribution in [0.25, 0.3) is 0 Å². The lowest BCUT2D eigenvalue weighted by molar-refractivity contribution is 0.0951. The second-order valence-corrected chi connectivity index (χ2v) is 8.54. The van der Waals surface area contributed by atoms with Crippen molar-refractivity contribution in [3.05, 3.63) is 28.2 Å². The maximum absolute atomic E-state index is 12.2. The minimum absolute atomic E-state index is 0.0389. The number of carbonyl (C=O) groups excluding carboxylic acids is 1. The number of rotatable bonds is 7. The molecule has 1 amide bonds. The van der Waals surface area contributed by atoms with Crippen LogP contribution in [0.2, 0.25) is 0 Å². The fourth-order valence-electron chi connectivity index (χ4n) is 1.90. The largest absolute Gasteiger partial charge is 0.352 e. The molecule has 2 N–H and O–H groups in total. The summed E-state index contributed by atoms with van der Waals surface area (Å²) in [5, 5.41) is 2.82. The van der Waals surface area contributed by atoms with Gasteiger partial charge in [0.15, 0.2) is 0 Å². The monoisotopic (exact) mass is 388 g/mol. The fraction of sp³-hybridized carbons (Fsp3) is 0.533. The Morgan fingerprint density at radius 3 is 2.64 bits per heavy atom. The summed E-state index contributed by atoms with van der Waals surface area (Å²) in [5.74, 6) is 0.231. The Hall–Kier alpha value is -0.920. The Morgan fingerprint density at radius 1 is 1.36 bits per heavy atom. The first-order valence-electron chi connectivity index (χ1n) is 7.39. The molecule has 0 spiro atoms. The van der Waals surface area contributed by atoms with Crippen molar-refractivity contribution in [1.82, 2.24) is 10.0 Å². The quantitative estimate of drug-likeness (QED) is 0.753. The van der Waals surface area contributed by atoms with Crippen LogP contribution < -0.4 is 10.0 Å². The number of nitrogens with one attached hydrogen (secondary N) is 2. The molecule has 2 rings (SSSR count). The lowest BCUT2D eigenvalue weighted by atomic mass is 10.1. The highest BCUT2D eigenvalue weighted by atomic mass is 79.9. The zero-order chi connectivity index (χ0) is 16.3. The van der Waals surface area contributed by atoms with Crippen LogP contribution in [-0.4, -0.2) is 26.9 Å². The van der Waals surface area contributed by atoms with Crippen molar-refractivity contribution in [1.29, 1.82) is 0 Å². The molecule has 0 heterocycles. The molecular formula is C15H21BrN2O3S. The summed E-state index contributed by atoms with van der Waals surface area (Å²) in [6, 6.07) is 4.55. The third-order valence-electron chi connectivity index (χ3n) is 3.40. The Morgan fingerprint density at radius 2 is 2.05 bits per heavy atom. The lowest BCUT2D eigenvalue weighted by Gasteiger charge is -2.11. The summed E-state index contributed by atoms with van der Waals surface area (Å²) in [5.41, 5.74) is 0.336. The third-order valence-corrected chi connectivity index (χ3v) is 5.61. The van der Waals surface area contributed by atoms with Gasteiger partial charge in [-0.3, -0.25) is 4.79 Å². The SMILES string of the molecule is CC(C)CCNC(=O)c1cc(S(=O)(=O)NC2CC2)ccc1Br. The molecule has 1 aromatic rings.